The van der Waals surface area contributed by atoms with Gasteiger partial charge in [-0.2, -0.15) is 31.3 Å². The van der Waals surface area contributed by atoms with Gasteiger partial charge in [-0.3, -0.25) is 0 Å². The quantitative estimate of drug-likeness (QED) is 0.142. The minimum Gasteiger partial charge on any atom is -0.369 e. The molecule has 2 aromatic carbocycles. The summed E-state index contributed by atoms with van der Waals surface area (Å²) in [6.45, 7) is 1.84. The second-order valence-electron chi connectivity index (χ2n) is 10.7. The highest BCUT2D eigenvalue weighted by Crippen LogP contribution is 2.37. The predicted molar refractivity (Wildman–Crippen MR) is 152 cm³/mol. The summed E-state index contributed by atoms with van der Waals surface area (Å²) in [5.74, 6) is 1.35. The zero-order chi connectivity index (χ0) is 31.3. The molecular formula is C28H34F6N6O2S. The van der Waals surface area contributed by atoms with Crippen molar-refractivity contribution in [1.82, 2.24) is 14.7 Å². The smallest absolute Gasteiger partial charge is 0.369 e. The van der Waals surface area contributed by atoms with Gasteiger partial charge in [-0.25, -0.2) is 18.1 Å². The lowest BCUT2D eigenvalue weighted by molar-refractivity contribution is -0.143. The van der Waals surface area contributed by atoms with Gasteiger partial charge in [0.15, 0.2) is 0 Å². The van der Waals surface area contributed by atoms with Crippen molar-refractivity contribution < 1.29 is 34.8 Å². The van der Waals surface area contributed by atoms with E-state index < -0.39 is 38.4 Å². The van der Waals surface area contributed by atoms with Crippen molar-refractivity contribution in [1.29, 1.82) is 0 Å². The lowest BCUT2D eigenvalue weighted by Crippen LogP contribution is -2.32. The van der Waals surface area contributed by atoms with E-state index in [-0.39, 0.29) is 36.6 Å². The van der Waals surface area contributed by atoms with Crippen LogP contribution in [0.5, 0.6) is 0 Å². The van der Waals surface area contributed by atoms with Gasteiger partial charge in [0.2, 0.25) is 16.0 Å². The fraction of sp³-hybridized carbons (Fsp3) is 0.500. The maximum atomic E-state index is 13.2. The van der Waals surface area contributed by atoms with E-state index in [0.29, 0.717) is 31.9 Å². The van der Waals surface area contributed by atoms with Crippen LogP contribution < -0.4 is 21.1 Å². The highest BCUT2D eigenvalue weighted by Gasteiger charge is 2.38. The van der Waals surface area contributed by atoms with Crippen molar-refractivity contribution in [2.45, 2.75) is 55.8 Å². The number of hydrogen-bond acceptors (Lipinski definition) is 7. The third-order valence-corrected chi connectivity index (χ3v) is 8.88. The van der Waals surface area contributed by atoms with Gasteiger partial charge in [0, 0.05) is 25.0 Å². The van der Waals surface area contributed by atoms with Crippen LogP contribution in [0.1, 0.15) is 49.7 Å². The van der Waals surface area contributed by atoms with Crippen LogP contribution in [0.15, 0.2) is 47.4 Å². The number of sulfonamides is 1. The Balaban J connectivity index is 1.32. The largest absolute Gasteiger partial charge is 0.416 e. The molecule has 0 saturated heterocycles. The predicted octanol–water partition coefficient (Wildman–Crippen LogP) is 6.02. The summed E-state index contributed by atoms with van der Waals surface area (Å²) in [6.07, 6.45) is -5.70. The summed E-state index contributed by atoms with van der Waals surface area (Å²) in [7, 11) is -4.61. The number of benzene rings is 2. The normalized spacial score (nSPS) is 18.1. The fourth-order valence-corrected chi connectivity index (χ4v) is 6.22. The first-order valence-electron chi connectivity index (χ1n) is 14.0. The van der Waals surface area contributed by atoms with E-state index in [1.54, 1.807) is 0 Å². The van der Waals surface area contributed by atoms with Gasteiger partial charge in [0.1, 0.15) is 5.82 Å². The number of hydrogen-bond donors (Lipinski definition) is 4. The van der Waals surface area contributed by atoms with Crippen LogP contribution in [0.4, 0.5) is 38.1 Å². The number of anilines is 2. The molecule has 0 aliphatic heterocycles. The van der Waals surface area contributed by atoms with Crippen molar-refractivity contribution >= 4 is 32.7 Å². The number of alkyl halides is 6. The Kier molecular flexibility index (Phi) is 10.4. The molecule has 0 atom stereocenters. The van der Waals surface area contributed by atoms with Crippen LogP contribution in [0, 0.1) is 11.8 Å². The molecule has 5 N–H and O–H groups in total. The van der Waals surface area contributed by atoms with Crippen molar-refractivity contribution in [3.8, 4) is 0 Å². The molecule has 43 heavy (non-hydrogen) atoms. The number of halogens is 6. The molecule has 1 aromatic heterocycles. The molecule has 1 heterocycles. The molecule has 0 radical (unpaired) electrons. The molecular weight excluding hydrogens is 598 g/mol. The Morgan fingerprint density at radius 1 is 0.814 bits per heavy atom. The van der Waals surface area contributed by atoms with Gasteiger partial charge >= 0.3 is 12.4 Å². The Morgan fingerprint density at radius 2 is 1.42 bits per heavy atom. The van der Waals surface area contributed by atoms with Gasteiger partial charge in [-0.1, -0.05) is 12.1 Å². The number of rotatable bonds is 12. The van der Waals surface area contributed by atoms with E-state index in [9.17, 15) is 34.8 Å². The Bertz CT molecular complexity index is 1460. The van der Waals surface area contributed by atoms with E-state index in [0.717, 1.165) is 48.9 Å². The highest BCUT2D eigenvalue weighted by molar-refractivity contribution is 7.89. The van der Waals surface area contributed by atoms with Crippen molar-refractivity contribution in [2.75, 3.05) is 36.8 Å². The third kappa shape index (κ3) is 8.92. The standard InChI is InChI=1S/C28H34F6N6O2S/c29-27(30,31)20-13-21(28(32,33)34)15-22(14-20)43(41,42)38-17-19-9-7-18(8-10-19)16-37-26-39-24-6-2-1-5-23(24)25(40-26)36-12-4-3-11-35/h1-2,5-6,13-15,18-19,38H,3-4,7-12,16-17,35H2,(H2,36,37,39,40)/t18-,19-. The van der Waals surface area contributed by atoms with E-state index in [1.807, 2.05) is 24.3 Å². The van der Waals surface area contributed by atoms with Crippen LogP contribution in [-0.2, 0) is 22.4 Å². The summed E-state index contributed by atoms with van der Waals surface area (Å²) in [4.78, 5) is 8.18. The topological polar surface area (TPSA) is 122 Å². The second kappa shape index (κ2) is 13.6. The maximum absolute atomic E-state index is 13.2. The zero-order valence-electron chi connectivity index (χ0n) is 23.2. The van der Waals surface area contributed by atoms with E-state index >= 15 is 0 Å². The van der Waals surface area contributed by atoms with Crippen molar-refractivity contribution in [3.63, 3.8) is 0 Å². The first kappa shape index (κ1) is 32.7. The van der Waals surface area contributed by atoms with Crippen LogP contribution >= 0.6 is 0 Å². The van der Waals surface area contributed by atoms with E-state index in [4.69, 9.17) is 5.73 Å². The summed E-state index contributed by atoms with van der Waals surface area (Å²) >= 11 is 0. The number of para-hydroxylation sites is 1. The Hall–Kier alpha value is -3.17. The molecule has 0 unspecified atom stereocenters. The third-order valence-electron chi connectivity index (χ3n) is 7.48. The van der Waals surface area contributed by atoms with Crippen LogP contribution in [0.3, 0.4) is 0 Å². The first-order chi connectivity index (χ1) is 20.3. The number of nitrogens with one attached hydrogen (secondary N) is 3. The summed E-state index contributed by atoms with van der Waals surface area (Å²) in [6, 6.07) is 8.01. The van der Waals surface area contributed by atoms with Crippen molar-refractivity contribution in [3.05, 3.63) is 53.6 Å². The maximum Gasteiger partial charge on any atom is 0.416 e. The van der Waals surface area contributed by atoms with Gasteiger partial charge in [0.05, 0.1) is 21.5 Å². The molecule has 1 saturated carbocycles. The zero-order valence-corrected chi connectivity index (χ0v) is 24.0. The van der Waals surface area contributed by atoms with Crippen LogP contribution in [0.25, 0.3) is 10.9 Å². The first-order valence-corrected chi connectivity index (χ1v) is 15.5. The number of fused-ring (bicyclic) bond motifs is 1. The molecule has 1 aliphatic rings. The average Bonchev–Trinajstić information content (AvgIpc) is 2.96. The molecule has 0 bridgehead atoms. The van der Waals surface area contributed by atoms with Gasteiger partial charge in [-0.15, -0.1) is 0 Å². The Labute approximate surface area is 245 Å². The van der Waals surface area contributed by atoms with Gasteiger partial charge in [-0.05, 0) is 87.2 Å². The molecule has 0 spiro atoms. The molecule has 236 valence electrons. The molecule has 8 nitrogen and oxygen atoms in total. The number of nitrogens with two attached hydrogens (primary N) is 1. The number of aromatic nitrogens is 2. The Morgan fingerprint density at radius 3 is 2.02 bits per heavy atom. The molecule has 15 heteroatoms. The summed E-state index contributed by atoms with van der Waals surface area (Å²) in [5.41, 5.74) is 3.01. The molecule has 1 fully saturated rings. The van der Waals surface area contributed by atoms with Crippen LogP contribution in [-0.4, -0.2) is 44.6 Å². The van der Waals surface area contributed by atoms with Gasteiger partial charge in [0.25, 0.3) is 0 Å². The minimum atomic E-state index is -5.14. The molecule has 4 rings (SSSR count). The number of unbranched alkanes of at least 4 members (excludes halogenated alkanes) is 1. The van der Waals surface area contributed by atoms with Crippen LogP contribution in [0.2, 0.25) is 0 Å². The summed E-state index contributed by atoms with van der Waals surface area (Å²) < 4.78 is 107. The number of nitrogens with zero attached hydrogens (tertiary/aromatic N) is 2. The molecule has 0 amide bonds. The SMILES string of the molecule is NCCCCNc1nc(NC[C@H]2CC[C@H](CNS(=O)(=O)c3cc(C(F)(F)F)cc(C(F)(F)F)c3)CC2)nc2ccccc12. The fourth-order valence-electron chi connectivity index (χ4n) is 5.03. The molecule has 1 aliphatic carbocycles. The highest BCUT2D eigenvalue weighted by atomic mass is 32.2. The summed E-state index contributed by atoms with van der Waals surface area (Å²) in [5, 5.41) is 7.56. The minimum absolute atomic E-state index is 0.0902. The lowest BCUT2D eigenvalue weighted by atomic mass is 9.82. The van der Waals surface area contributed by atoms with Gasteiger partial charge < -0.3 is 16.4 Å². The van der Waals surface area contributed by atoms with Crippen molar-refractivity contribution in [2.24, 2.45) is 17.6 Å². The van der Waals surface area contributed by atoms with E-state index in [2.05, 4.69) is 25.3 Å². The monoisotopic (exact) mass is 632 g/mol. The average molecular weight is 633 g/mol. The second-order valence-corrected chi connectivity index (χ2v) is 12.5. The van der Waals surface area contributed by atoms with E-state index in [1.165, 1.54) is 0 Å². The lowest BCUT2D eigenvalue weighted by Gasteiger charge is -2.28. The molecule has 3 aromatic rings.